The number of carbonyl (C=O) groups is 8. The molecule has 4 heterocycles. The highest BCUT2D eigenvalue weighted by molar-refractivity contribution is 5.91. The van der Waals surface area contributed by atoms with E-state index in [0.717, 1.165) is 71.4 Å². The molecular formula is C43H50N2O20. The summed E-state index contributed by atoms with van der Waals surface area (Å²) in [5.74, 6) is -10.9. The molecule has 22 heteroatoms. The molecule has 65 heavy (non-hydrogen) atoms. The van der Waals surface area contributed by atoms with E-state index in [-0.39, 0.29) is 23.2 Å². The van der Waals surface area contributed by atoms with Crippen LogP contribution in [0.1, 0.15) is 88.2 Å². The van der Waals surface area contributed by atoms with Crippen LogP contribution in [0.4, 0.5) is 0 Å². The van der Waals surface area contributed by atoms with Gasteiger partial charge in [-0.2, -0.15) is 0 Å². The van der Waals surface area contributed by atoms with Gasteiger partial charge in [-0.25, -0.2) is 14.4 Å². The highest BCUT2D eigenvalue weighted by Crippen LogP contribution is 2.70. The SMILES string of the molecule is CC(=O)OC[C@]12[C@H](OC(C)=O)[C@H](OC(C)=O)[C@@H]3[C@@H](OC(C)=O)[C@@]14O[C@@]3(C)COC(=O)c1cccnc1CC[C@](C)(O)C(=O)O[C@@H]([C@H](OC(=O)c1ccc(=O)n(C)c1)[C@@H]2OC(C)=O)[C@]4(C)O. The number of hydrogen-bond acceptors (Lipinski definition) is 21. The van der Waals surface area contributed by atoms with Crippen LogP contribution in [-0.4, -0.2) is 140 Å². The van der Waals surface area contributed by atoms with Crippen LogP contribution in [0.25, 0.3) is 0 Å². The van der Waals surface area contributed by atoms with E-state index in [2.05, 4.69) is 4.98 Å². The number of aryl methyl sites for hydroxylation is 2. The fourth-order valence-corrected chi connectivity index (χ4v) is 9.87. The molecule has 3 fully saturated rings. The Kier molecular flexibility index (Phi) is 12.8. The third-order valence-electron chi connectivity index (χ3n) is 12.5. The van der Waals surface area contributed by atoms with E-state index in [1.165, 1.54) is 32.3 Å². The zero-order valence-corrected chi connectivity index (χ0v) is 37.0. The molecule has 352 valence electrons. The zero-order valence-electron chi connectivity index (χ0n) is 37.0. The molecule has 0 aromatic carbocycles. The summed E-state index contributed by atoms with van der Waals surface area (Å²) in [5.41, 5.74) is -14.3. The van der Waals surface area contributed by atoms with Crippen LogP contribution in [-0.2, 0) is 84.9 Å². The lowest BCUT2D eigenvalue weighted by Gasteiger charge is -2.67. The fraction of sp³-hybridized carbons (Fsp3) is 0.581. The van der Waals surface area contributed by atoms with Crippen molar-refractivity contribution in [1.29, 1.82) is 0 Å². The molecule has 1 saturated heterocycles. The van der Waals surface area contributed by atoms with Gasteiger partial charge in [0.05, 0.1) is 22.7 Å². The monoisotopic (exact) mass is 914 g/mol. The summed E-state index contributed by atoms with van der Waals surface area (Å²) in [6.45, 7) is 6.08. The van der Waals surface area contributed by atoms with E-state index in [4.69, 9.17) is 42.6 Å². The Morgan fingerprint density at radius 2 is 1.40 bits per heavy atom. The molecule has 0 radical (unpaired) electrons. The Bertz CT molecular complexity index is 2370. The smallest absolute Gasteiger partial charge is 0.340 e. The second kappa shape index (κ2) is 17.3. The average Bonchev–Trinajstić information content (AvgIpc) is 3.42. The minimum absolute atomic E-state index is 0.0610. The lowest BCUT2D eigenvalue weighted by Crippen LogP contribution is -2.89. The van der Waals surface area contributed by atoms with Crippen molar-refractivity contribution in [1.82, 2.24) is 9.55 Å². The van der Waals surface area contributed by atoms with Gasteiger partial charge in [-0.05, 0) is 51.8 Å². The molecule has 2 aromatic heterocycles. The molecule has 4 aliphatic rings. The molecule has 2 aromatic rings. The number of ether oxygens (including phenoxy) is 9. The predicted molar refractivity (Wildman–Crippen MR) is 212 cm³/mol. The number of fused-ring (bicyclic) bond motifs is 5. The summed E-state index contributed by atoms with van der Waals surface area (Å²) < 4.78 is 55.8. The molecular weight excluding hydrogens is 864 g/mol. The van der Waals surface area contributed by atoms with Gasteiger partial charge in [0.1, 0.15) is 42.0 Å². The molecule has 2 aliphatic carbocycles. The maximum atomic E-state index is 14.5. The largest absolute Gasteiger partial charge is 0.465 e. The number of aromatic nitrogens is 2. The van der Waals surface area contributed by atoms with Gasteiger partial charge in [0.25, 0.3) is 0 Å². The van der Waals surface area contributed by atoms with Crippen molar-refractivity contribution in [3.63, 3.8) is 0 Å². The van der Waals surface area contributed by atoms with Gasteiger partial charge in [0.15, 0.2) is 35.6 Å². The van der Waals surface area contributed by atoms with Crippen molar-refractivity contribution in [3.8, 4) is 0 Å². The summed E-state index contributed by atoms with van der Waals surface area (Å²) in [7, 11) is 1.32. The molecule has 2 saturated carbocycles. The van der Waals surface area contributed by atoms with E-state index >= 15 is 0 Å². The van der Waals surface area contributed by atoms with Gasteiger partial charge >= 0.3 is 47.8 Å². The number of nitrogens with zero attached hydrogens (tertiary/aromatic N) is 2. The number of rotatable bonds is 8. The molecule has 12 atom stereocenters. The molecule has 0 unspecified atom stereocenters. The fourth-order valence-electron chi connectivity index (χ4n) is 9.87. The Balaban J connectivity index is 1.79. The van der Waals surface area contributed by atoms with Crippen LogP contribution >= 0.6 is 0 Å². The second-order valence-corrected chi connectivity index (χ2v) is 17.2. The van der Waals surface area contributed by atoms with Crippen molar-refractivity contribution < 1.29 is 91.2 Å². The van der Waals surface area contributed by atoms with E-state index in [0.29, 0.717) is 0 Å². The van der Waals surface area contributed by atoms with Crippen molar-refractivity contribution in [3.05, 3.63) is 63.8 Å². The summed E-state index contributed by atoms with van der Waals surface area (Å²) in [4.78, 5) is 126. The van der Waals surface area contributed by atoms with E-state index in [1.54, 1.807) is 0 Å². The molecule has 2 aliphatic heterocycles. The lowest BCUT2D eigenvalue weighted by atomic mass is 9.45. The maximum Gasteiger partial charge on any atom is 0.340 e. The van der Waals surface area contributed by atoms with Crippen molar-refractivity contribution in [2.75, 3.05) is 13.2 Å². The molecule has 1 spiro atoms. The minimum Gasteiger partial charge on any atom is -0.465 e. The average molecular weight is 915 g/mol. The molecule has 2 N–H and O–H groups in total. The molecule has 6 rings (SSSR count). The predicted octanol–water partition coefficient (Wildman–Crippen LogP) is -0.0299. The van der Waals surface area contributed by atoms with Gasteiger partial charge in [-0.1, -0.05) is 0 Å². The zero-order chi connectivity index (χ0) is 48.2. The number of carbonyl (C=O) groups excluding carboxylic acids is 8. The van der Waals surface area contributed by atoms with Crippen molar-refractivity contribution in [2.24, 2.45) is 18.4 Å². The summed E-state index contributed by atoms with van der Waals surface area (Å²) in [5, 5.41) is 25.5. The van der Waals surface area contributed by atoms with Gasteiger partial charge in [-0.3, -0.25) is 33.8 Å². The first-order valence-electron chi connectivity index (χ1n) is 20.4. The minimum atomic E-state index is -3.05. The van der Waals surface area contributed by atoms with Crippen LogP contribution in [0.3, 0.4) is 0 Å². The van der Waals surface area contributed by atoms with Crippen LogP contribution < -0.4 is 5.56 Å². The third kappa shape index (κ3) is 8.22. The Hall–Kier alpha value is -6.26. The second-order valence-electron chi connectivity index (χ2n) is 17.2. The van der Waals surface area contributed by atoms with E-state index in [1.807, 2.05) is 0 Å². The van der Waals surface area contributed by atoms with Crippen LogP contribution in [0, 0.1) is 11.3 Å². The quantitative estimate of drug-likeness (QED) is 0.260. The highest BCUT2D eigenvalue weighted by atomic mass is 16.7. The summed E-state index contributed by atoms with van der Waals surface area (Å²) >= 11 is 0. The molecule has 0 amide bonds. The first-order chi connectivity index (χ1) is 30.2. The standard InChI is InChI=1S/C43H50N2O20/c1-20(46)57-19-42-34(61-23(4)49)30(59-21(2)47)29-32(60-22(3)48)43(42)41(8,56)33(31(35(42)62-24(5)50)63-36(52)25-12-13-28(51)45(9)17-25)64-38(54)39(6,55)15-14-27-26(11-10-16-44-27)37(53)58-18-40(29,7)65-43/h10-13,16-17,29-35,55-56H,14-15,18-19H2,1-9H3/t29-,30-,31+,32-,33+,34-,35+,39+,40+,41+,42-,43+/m1/s1. The number of esters is 8. The van der Waals surface area contributed by atoms with Crippen LogP contribution in [0.2, 0.25) is 0 Å². The van der Waals surface area contributed by atoms with Crippen LogP contribution in [0.15, 0.2) is 41.5 Å². The van der Waals surface area contributed by atoms with Gasteiger partial charge < -0.3 is 57.4 Å². The van der Waals surface area contributed by atoms with Gasteiger partial charge in [0, 0.05) is 60.1 Å². The number of hydrogen-bond donors (Lipinski definition) is 2. The molecule has 22 nitrogen and oxygen atoms in total. The first-order valence-corrected chi connectivity index (χ1v) is 20.4. The maximum absolute atomic E-state index is 14.5. The normalized spacial score (nSPS) is 35.1. The first kappa shape index (κ1) is 48.2. The third-order valence-corrected chi connectivity index (χ3v) is 12.5. The molecule has 4 bridgehead atoms. The van der Waals surface area contributed by atoms with Crippen molar-refractivity contribution >= 4 is 47.8 Å². The number of cyclic esters (lactones) is 1. The Morgan fingerprint density at radius 3 is 1.98 bits per heavy atom. The Morgan fingerprint density at radius 1 is 0.800 bits per heavy atom. The topological polar surface area (TPSA) is 295 Å². The van der Waals surface area contributed by atoms with Crippen molar-refractivity contribution in [2.45, 2.75) is 127 Å². The summed E-state index contributed by atoms with van der Waals surface area (Å²) in [6, 6.07) is 4.88. The van der Waals surface area contributed by atoms with E-state index in [9.17, 15) is 53.4 Å². The van der Waals surface area contributed by atoms with Gasteiger partial charge in [-0.15, -0.1) is 0 Å². The highest BCUT2D eigenvalue weighted by Gasteiger charge is 2.92. The number of aliphatic hydroxyl groups is 2. The lowest BCUT2D eigenvalue weighted by molar-refractivity contribution is -0.386. The van der Waals surface area contributed by atoms with E-state index < -0.39 is 143 Å². The van der Waals surface area contributed by atoms with Crippen LogP contribution in [0.5, 0.6) is 0 Å². The Labute approximate surface area is 370 Å². The van der Waals surface area contributed by atoms with Gasteiger partial charge in [0.2, 0.25) is 5.56 Å². The number of pyridine rings is 2. The summed E-state index contributed by atoms with van der Waals surface area (Å²) in [6.07, 6.45) is -11.4.